The van der Waals surface area contributed by atoms with Gasteiger partial charge in [0.05, 0.1) is 17.6 Å². The van der Waals surface area contributed by atoms with Gasteiger partial charge in [0.2, 0.25) is 0 Å². The van der Waals surface area contributed by atoms with Crippen LogP contribution in [0.25, 0.3) is 0 Å². The summed E-state index contributed by atoms with van der Waals surface area (Å²) in [6, 6.07) is 12.4. The molecule has 1 aliphatic heterocycles. The summed E-state index contributed by atoms with van der Waals surface area (Å²) in [4.78, 5) is 8.88. The van der Waals surface area contributed by atoms with Gasteiger partial charge in [-0.3, -0.25) is 4.98 Å². The van der Waals surface area contributed by atoms with Crippen LogP contribution in [0.2, 0.25) is 0 Å². The van der Waals surface area contributed by atoms with Crippen LogP contribution >= 0.6 is 0 Å². The third-order valence-electron chi connectivity index (χ3n) is 3.57. The molecule has 0 aliphatic carbocycles. The van der Waals surface area contributed by atoms with Crippen LogP contribution in [0, 0.1) is 0 Å². The van der Waals surface area contributed by atoms with Crippen molar-refractivity contribution in [2.75, 3.05) is 41.7 Å². The molecular formula is C15H18N4. The minimum absolute atomic E-state index is 0.808. The second kappa shape index (κ2) is 5.18. The van der Waals surface area contributed by atoms with Gasteiger partial charge in [-0.15, -0.1) is 0 Å². The predicted octanol–water partition coefficient (Wildman–Crippen LogP) is 1.99. The molecule has 0 saturated carbocycles. The second-order valence-corrected chi connectivity index (χ2v) is 4.74. The van der Waals surface area contributed by atoms with Crippen molar-refractivity contribution in [2.45, 2.75) is 0 Å². The van der Waals surface area contributed by atoms with E-state index in [1.165, 1.54) is 5.69 Å². The highest BCUT2D eigenvalue weighted by Gasteiger charge is 2.18. The topological polar surface area (TPSA) is 45.4 Å². The highest BCUT2D eigenvalue weighted by molar-refractivity contribution is 5.66. The summed E-state index contributed by atoms with van der Waals surface area (Å²) in [7, 11) is 0. The van der Waals surface area contributed by atoms with E-state index in [1.807, 2.05) is 12.3 Å². The van der Waals surface area contributed by atoms with Gasteiger partial charge in [-0.2, -0.15) is 0 Å². The molecule has 98 valence electrons. The number of nitrogen functional groups attached to an aromatic ring is 1. The van der Waals surface area contributed by atoms with Crippen molar-refractivity contribution in [1.29, 1.82) is 0 Å². The van der Waals surface area contributed by atoms with Gasteiger partial charge in [0.15, 0.2) is 0 Å². The Balaban J connectivity index is 1.69. The maximum Gasteiger partial charge on any atom is 0.0787 e. The highest BCUT2D eigenvalue weighted by Crippen LogP contribution is 2.24. The third-order valence-corrected chi connectivity index (χ3v) is 3.57. The number of aromatic nitrogens is 1. The lowest BCUT2D eigenvalue weighted by atomic mass is 10.2. The molecule has 1 fully saturated rings. The summed E-state index contributed by atoms with van der Waals surface area (Å²) < 4.78 is 0. The fourth-order valence-corrected chi connectivity index (χ4v) is 2.51. The summed E-state index contributed by atoms with van der Waals surface area (Å²) in [5.41, 5.74) is 9.15. The SMILES string of the molecule is Nc1ccncc1N1CCN(c2ccccc2)CC1. The maximum atomic E-state index is 6.00. The average molecular weight is 254 g/mol. The summed E-state index contributed by atoms with van der Waals surface area (Å²) >= 11 is 0. The van der Waals surface area contributed by atoms with Crippen LogP contribution in [0.4, 0.5) is 17.1 Å². The lowest BCUT2D eigenvalue weighted by Crippen LogP contribution is -2.46. The van der Waals surface area contributed by atoms with Gasteiger partial charge in [0, 0.05) is 38.1 Å². The van der Waals surface area contributed by atoms with Crippen LogP contribution in [-0.2, 0) is 0 Å². The normalized spacial score (nSPS) is 15.6. The summed E-state index contributed by atoms with van der Waals surface area (Å²) in [6.45, 7) is 3.98. The Kier molecular flexibility index (Phi) is 3.23. The zero-order valence-corrected chi connectivity index (χ0v) is 10.9. The molecule has 2 aromatic rings. The van der Waals surface area contributed by atoms with Crippen molar-refractivity contribution in [1.82, 2.24) is 4.98 Å². The standard InChI is InChI=1S/C15H18N4/c16-14-6-7-17-12-15(14)19-10-8-18(9-11-19)13-4-2-1-3-5-13/h1-7,12H,8-11H2,(H2,16,17). The van der Waals surface area contributed by atoms with Crippen molar-refractivity contribution in [2.24, 2.45) is 0 Å². The second-order valence-electron chi connectivity index (χ2n) is 4.74. The zero-order chi connectivity index (χ0) is 13.1. The molecule has 2 N–H and O–H groups in total. The third kappa shape index (κ3) is 2.47. The van der Waals surface area contributed by atoms with Crippen LogP contribution < -0.4 is 15.5 Å². The molecule has 1 aromatic heterocycles. The van der Waals surface area contributed by atoms with Crippen molar-refractivity contribution in [3.63, 3.8) is 0 Å². The number of piperazine rings is 1. The summed E-state index contributed by atoms with van der Waals surface area (Å²) in [5, 5.41) is 0. The van der Waals surface area contributed by atoms with Crippen LogP contribution in [-0.4, -0.2) is 31.2 Å². The van der Waals surface area contributed by atoms with E-state index in [0.29, 0.717) is 0 Å². The monoisotopic (exact) mass is 254 g/mol. The minimum Gasteiger partial charge on any atom is -0.397 e. The molecule has 0 unspecified atom stereocenters. The van der Waals surface area contributed by atoms with E-state index in [0.717, 1.165) is 37.6 Å². The van der Waals surface area contributed by atoms with Crippen LogP contribution in [0.15, 0.2) is 48.8 Å². The molecular weight excluding hydrogens is 236 g/mol. The van der Waals surface area contributed by atoms with Crippen LogP contribution in [0.3, 0.4) is 0 Å². The Bertz CT molecular complexity index is 533. The number of hydrogen-bond acceptors (Lipinski definition) is 4. The maximum absolute atomic E-state index is 6.00. The fourth-order valence-electron chi connectivity index (χ4n) is 2.51. The molecule has 4 nitrogen and oxygen atoms in total. The fraction of sp³-hybridized carbons (Fsp3) is 0.267. The predicted molar refractivity (Wildman–Crippen MR) is 79.5 cm³/mol. The van der Waals surface area contributed by atoms with Gasteiger partial charge in [0.25, 0.3) is 0 Å². The van der Waals surface area contributed by atoms with E-state index in [1.54, 1.807) is 6.20 Å². The van der Waals surface area contributed by atoms with Gasteiger partial charge in [0.1, 0.15) is 0 Å². The molecule has 2 heterocycles. The lowest BCUT2D eigenvalue weighted by molar-refractivity contribution is 0.653. The molecule has 4 heteroatoms. The first-order chi connectivity index (χ1) is 9.34. The molecule has 0 amide bonds. The lowest BCUT2D eigenvalue weighted by Gasteiger charge is -2.37. The van der Waals surface area contributed by atoms with E-state index in [9.17, 15) is 0 Å². The first kappa shape index (κ1) is 11.8. The molecule has 1 saturated heterocycles. The van der Waals surface area contributed by atoms with E-state index in [4.69, 9.17) is 5.73 Å². The van der Waals surface area contributed by atoms with Crippen molar-refractivity contribution >= 4 is 17.1 Å². The molecule has 19 heavy (non-hydrogen) atoms. The summed E-state index contributed by atoms with van der Waals surface area (Å²) in [6.07, 6.45) is 3.59. The quantitative estimate of drug-likeness (QED) is 0.890. The van der Waals surface area contributed by atoms with Crippen LogP contribution in [0.5, 0.6) is 0 Å². The molecule has 3 rings (SSSR count). The smallest absolute Gasteiger partial charge is 0.0787 e. The van der Waals surface area contributed by atoms with Gasteiger partial charge < -0.3 is 15.5 Å². The van der Waals surface area contributed by atoms with E-state index in [-0.39, 0.29) is 0 Å². The van der Waals surface area contributed by atoms with Crippen molar-refractivity contribution in [3.05, 3.63) is 48.8 Å². The number of hydrogen-bond donors (Lipinski definition) is 1. The molecule has 0 radical (unpaired) electrons. The van der Waals surface area contributed by atoms with E-state index >= 15 is 0 Å². The summed E-state index contributed by atoms with van der Waals surface area (Å²) in [5.74, 6) is 0. The number of rotatable bonds is 2. The first-order valence-corrected chi connectivity index (χ1v) is 6.59. The van der Waals surface area contributed by atoms with Crippen LogP contribution in [0.1, 0.15) is 0 Å². The number of benzene rings is 1. The van der Waals surface area contributed by atoms with Gasteiger partial charge in [-0.25, -0.2) is 0 Å². The van der Waals surface area contributed by atoms with E-state index in [2.05, 4.69) is 45.1 Å². The van der Waals surface area contributed by atoms with Crippen molar-refractivity contribution < 1.29 is 0 Å². The number of nitrogens with zero attached hydrogens (tertiary/aromatic N) is 3. The molecule has 0 atom stereocenters. The average Bonchev–Trinajstić information content (AvgIpc) is 2.49. The highest BCUT2D eigenvalue weighted by atomic mass is 15.3. The van der Waals surface area contributed by atoms with E-state index < -0.39 is 0 Å². The Morgan fingerprint density at radius 1 is 0.895 bits per heavy atom. The number of nitrogens with two attached hydrogens (primary N) is 1. The minimum atomic E-state index is 0.808. The molecule has 0 spiro atoms. The van der Waals surface area contributed by atoms with Gasteiger partial charge in [-0.05, 0) is 18.2 Å². The Hall–Kier alpha value is -2.23. The molecule has 0 bridgehead atoms. The number of para-hydroxylation sites is 1. The van der Waals surface area contributed by atoms with Crippen molar-refractivity contribution in [3.8, 4) is 0 Å². The van der Waals surface area contributed by atoms with Gasteiger partial charge >= 0.3 is 0 Å². The molecule has 1 aliphatic rings. The first-order valence-electron chi connectivity index (χ1n) is 6.59. The number of pyridine rings is 1. The zero-order valence-electron chi connectivity index (χ0n) is 10.9. The molecule has 1 aromatic carbocycles. The Morgan fingerprint density at radius 2 is 1.58 bits per heavy atom. The number of anilines is 3. The van der Waals surface area contributed by atoms with Gasteiger partial charge in [-0.1, -0.05) is 18.2 Å². The Labute approximate surface area is 113 Å². The Morgan fingerprint density at radius 3 is 2.26 bits per heavy atom. The largest absolute Gasteiger partial charge is 0.397 e.